The molecule has 88 valence electrons. The molecule has 1 aliphatic rings. The average molecular weight is 213 g/mol. The fourth-order valence-corrected chi connectivity index (χ4v) is 2.57. The molecule has 3 heteroatoms. The maximum atomic E-state index is 10.9. The number of nitrogens with zero attached hydrogens (tertiary/aromatic N) is 1. The zero-order valence-corrected chi connectivity index (χ0v) is 9.91. The van der Waals surface area contributed by atoms with Crippen LogP contribution in [0.2, 0.25) is 0 Å². The smallest absolute Gasteiger partial charge is 0.306 e. The number of carboxylic acids is 1. The van der Waals surface area contributed by atoms with Crippen molar-refractivity contribution in [1.82, 2.24) is 4.90 Å². The van der Waals surface area contributed by atoms with Gasteiger partial charge >= 0.3 is 5.97 Å². The van der Waals surface area contributed by atoms with E-state index < -0.39 is 5.97 Å². The molecule has 0 bridgehead atoms. The molecule has 1 fully saturated rings. The van der Waals surface area contributed by atoms with Crippen molar-refractivity contribution in [3.05, 3.63) is 0 Å². The van der Waals surface area contributed by atoms with Crippen molar-refractivity contribution in [3.63, 3.8) is 0 Å². The van der Waals surface area contributed by atoms with E-state index in [0.717, 1.165) is 45.2 Å². The Bertz CT molecular complexity index is 200. The van der Waals surface area contributed by atoms with Crippen molar-refractivity contribution >= 4 is 5.97 Å². The molecular weight excluding hydrogens is 190 g/mol. The van der Waals surface area contributed by atoms with Gasteiger partial charge in [0.2, 0.25) is 0 Å². The molecule has 3 nitrogen and oxygen atoms in total. The Morgan fingerprint density at radius 2 is 1.87 bits per heavy atom. The largest absolute Gasteiger partial charge is 0.481 e. The zero-order chi connectivity index (χ0) is 11.3. The van der Waals surface area contributed by atoms with Gasteiger partial charge in [-0.1, -0.05) is 13.8 Å². The van der Waals surface area contributed by atoms with Gasteiger partial charge in [-0.05, 0) is 45.2 Å². The minimum Gasteiger partial charge on any atom is -0.481 e. The van der Waals surface area contributed by atoms with Crippen molar-refractivity contribution in [2.75, 3.05) is 13.1 Å². The summed E-state index contributed by atoms with van der Waals surface area (Å²) in [5.41, 5.74) is 0. The van der Waals surface area contributed by atoms with Gasteiger partial charge < -0.3 is 10.0 Å². The first kappa shape index (κ1) is 12.5. The summed E-state index contributed by atoms with van der Waals surface area (Å²) in [7, 11) is 0. The van der Waals surface area contributed by atoms with Crippen LogP contribution in [0.3, 0.4) is 0 Å². The summed E-state index contributed by atoms with van der Waals surface area (Å²) in [5, 5.41) is 8.95. The Morgan fingerprint density at radius 3 is 2.27 bits per heavy atom. The lowest BCUT2D eigenvalue weighted by molar-refractivity contribution is -0.141. The normalized spacial score (nSPS) is 26.1. The molecule has 0 heterocycles. The highest BCUT2D eigenvalue weighted by atomic mass is 16.4. The molecule has 1 saturated carbocycles. The molecule has 1 aliphatic carbocycles. The van der Waals surface area contributed by atoms with E-state index in [2.05, 4.69) is 18.7 Å². The summed E-state index contributed by atoms with van der Waals surface area (Å²) in [6.07, 6.45) is 5.11. The number of aliphatic carboxylic acids is 1. The predicted octanol–water partition coefficient (Wildman–Crippen LogP) is 2.36. The number of hydrogen-bond acceptors (Lipinski definition) is 2. The van der Waals surface area contributed by atoms with E-state index in [1.165, 1.54) is 0 Å². The fraction of sp³-hybridized carbons (Fsp3) is 0.917. The molecular formula is C12H23NO2. The maximum absolute atomic E-state index is 10.9. The highest BCUT2D eigenvalue weighted by molar-refractivity contribution is 5.70. The van der Waals surface area contributed by atoms with Crippen LogP contribution in [0.4, 0.5) is 0 Å². The molecule has 0 spiro atoms. The molecule has 0 aromatic rings. The van der Waals surface area contributed by atoms with E-state index in [1.807, 2.05) is 0 Å². The Hall–Kier alpha value is -0.570. The summed E-state index contributed by atoms with van der Waals surface area (Å²) in [6, 6.07) is 0.519. The standard InChI is InChI=1S/C12H23NO2/c1-3-7-13(8-4-2)11-6-5-10(9-11)12(14)15/h10-11H,3-9H2,1-2H3,(H,14,15). The SMILES string of the molecule is CCCN(CCC)C1CCC(C(=O)O)C1. The van der Waals surface area contributed by atoms with Crippen molar-refractivity contribution in [2.24, 2.45) is 5.92 Å². The Balaban J connectivity index is 2.44. The monoisotopic (exact) mass is 213 g/mol. The molecule has 0 aromatic carbocycles. The molecule has 2 atom stereocenters. The van der Waals surface area contributed by atoms with Gasteiger partial charge in [-0.25, -0.2) is 0 Å². The Kier molecular flexibility index (Phi) is 5.09. The summed E-state index contributed by atoms with van der Waals surface area (Å²) >= 11 is 0. The summed E-state index contributed by atoms with van der Waals surface area (Å²) in [5.74, 6) is -0.698. The first-order valence-corrected chi connectivity index (χ1v) is 6.15. The van der Waals surface area contributed by atoms with Gasteiger partial charge in [0, 0.05) is 6.04 Å². The molecule has 0 amide bonds. The maximum Gasteiger partial charge on any atom is 0.306 e. The van der Waals surface area contributed by atoms with Gasteiger partial charge in [-0.15, -0.1) is 0 Å². The van der Waals surface area contributed by atoms with Gasteiger partial charge in [0.1, 0.15) is 0 Å². The molecule has 1 rings (SSSR count). The predicted molar refractivity (Wildman–Crippen MR) is 60.9 cm³/mol. The molecule has 0 aliphatic heterocycles. The highest BCUT2D eigenvalue weighted by Crippen LogP contribution is 2.29. The number of carboxylic acid groups (broad SMARTS) is 1. The molecule has 1 N–H and O–H groups in total. The average Bonchev–Trinajstić information content (AvgIpc) is 2.66. The first-order valence-electron chi connectivity index (χ1n) is 6.15. The number of carbonyl (C=O) groups is 1. The number of rotatable bonds is 6. The number of hydrogen-bond donors (Lipinski definition) is 1. The summed E-state index contributed by atoms with van der Waals surface area (Å²) in [4.78, 5) is 13.3. The van der Waals surface area contributed by atoms with Gasteiger partial charge in [0.15, 0.2) is 0 Å². The van der Waals surface area contributed by atoms with Crippen molar-refractivity contribution in [1.29, 1.82) is 0 Å². The second kappa shape index (κ2) is 6.11. The van der Waals surface area contributed by atoms with E-state index in [9.17, 15) is 4.79 Å². The van der Waals surface area contributed by atoms with Gasteiger partial charge in [-0.3, -0.25) is 4.79 Å². The van der Waals surface area contributed by atoms with E-state index in [4.69, 9.17) is 5.11 Å². The third-order valence-electron chi connectivity index (χ3n) is 3.29. The van der Waals surface area contributed by atoms with E-state index in [0.29, 0.717) is 6.04 Å². The van der Waals surface area contributed by atoms with Gasteiger partial charge in [-0.2, -0.15) is 0 Å². The van der Waals surface area contributed by atoms with Crippen LogP contribution < -0.4 is 0 Å². The first-order chi connectivity index (χ1) is 7.19. The minimum absolute atomic E-state index is 0.0915. The quantitative estimate of drug-likeness (QED) is 0.736. The summed E-state index contributed by atoms with van der Waals surface area (Å²) < 4.78 is 0. The van der Waals surface area contributed by atoms with Crippen molar-refractivity contribution in [3.8, 4) is 0 Å². The lowest BCUT2D eigenvalue weighted by Crippen LogP contribution is -2.35. The van der Waals surface area contributed by atoms with E-state index >= 15 is 0 Å². The van der Waals surface area contributed by atoms with Crippen LogP contribution in [-0.2, 0) is 4.79 Å². The minimum atomic E-state index is -0.606. The zero-order valence-electron chi connectivity index (χ0n) is 9.91. The topological polar surface area (TPSA) is 40.5 Å². The van der Waals surface area contributed by atoms with E-state index in [-0.39, 0.29) is 5.92 Å². The second-order valence-corrected chi connectivity index (χ2v) is 4.54. The fourth-order valence-electron chi connectivity index (χ4n) is 2.57. The van der Waals surface area contributed by atoms with Crippen LogP contribution in [0.1, 0.15) is 46.0 Å². The summed E-state index contributed by atoms with van der Waals surface area (Å²) in [6.45, 7) is 6.61. The van der Waals surface area contributed by atoms with Crippen LogP contribution in [0.25, 0.3) is 0 Å². The second-order valence-electron chi connectivity index (χ2n) is 4.54. The lowest BCUT2D eigenvalue weighted by atomic mass is 10.1. The Labute approximate surface area is 92.5 Å². The Morgan fingerprint density at radius 1 is 1.27 bits per heavy atom. The third kappa shape index (κ3) is 3.49. The molecule has 0 aromatic heterocycles. The molecule has 0 radical (unpaired) electrons. The molecule has 0 saturated heterocycles. The van der Waals surface area contributed by atoms with Crippen LogP contribution in [0.15, 0.2) is 0 Å². The van der Waals surface area contributed by atoms with Gasteiger partial charge in [0.05, 0.1) is 5.92 Å². The van der Waals surface area contributed by atoms with Crippen LogP contribution in [-0.4, -0.2) is 35.1 Å². The van der Waals surface area contributed by atoms with Crippen molar-refractivity contribution < 1.29 is 9.90 Å². The van der Waals surface area contributed by atoms with Gasteiger partial charge in [0.25, 0.3) is 0 Å². The third-order valence-corrected chi connectivity index (χ3v) is 3.29. The lowest BCUT2D eigenvalue weighted by Gasteiger charge is -2.28. The van der Waals surface area contributed by atoms with Crippen molar-refractivity contribution in [2.45, 2.75) is 52.0 Å². The van der Waals surface area contributed by atoms with Crippen LogP contribution >= 0.6 is 0 Å². The van der Waals surface area contributed by atoms with Crippen LogP contribution in [0, 0.1) is 5.92 Å². The van der Waals surface area contributed by atoms with E-state index in [1.54, 1.807) is 0 Å². The molecule has 2 unspecified atom stereocenters. The van der Waals surface area contributed by atoms with Crippen LogP contribution in [0.5, 0.6) is 0 Å². The molecule has 15 heavy (non-hydrogen) atoms. The highest BCUT2D eigenvalue weighted by Gasteiger charge is 2.32.